The Morgan fingerprint density at radius 2 is 0.966 bits per heavy atom. The summed E-state index contributed by atoms with van der Waals surface area (Å²) in [4.78, 5) is 0. The maximum absolute atomic E-state index is 3.37. The standard InChI is InChI=1S/C29H24/c1-22-12-8-16-26-20-10-18-24(28(22)26)14-6-4-3-5-7-15-25-19-11-21-27-17-9-13-23(2)29(25)27/h8-13,16-21H,3-5H2,1-2H3. The van der Waals surface area contributed by atoms with Crippen molar-refractivity contribution in [3.05, 3.63) is 95.1 Å². The van der Waals surface area contributed by atoms with Crippen LogP contribution >= 0.6 is 0 Å². The van der Waals surface area contributed by atoms with Crippen LogP contribution in [0.1, 0.15) is 41.5 Å². The van der Waals surface area contributed by atoms with Crippen molar-refractivity contribution in [2.45, 2.75) is 33.1 Å². The second-order valence-electron chi connectivity index (χ2n) is 7.41. The van der Waals surface area contributed by atoms with E-state index in [1.54, 1.807) is 0 Å². The van der Waals surface area contributed by atoms with Gasteiger partial charge >= 0.3 is 0 Å². The van der Waals surface area contributed by atoms with E-state index >= 15 is 0 Å². The third-order valence-electron chi connectivity index (χ3n) is 5.28. The van der Waals surface area contributed by atoms with Crippen LogP contribution in [0.3, 0.4) is 0 Å². The summed E-state index contributed by atoms with van der Waals surface area (Å²) in [6, 6.07) is 25.5. The molecule has 0 bridgehead atoms. The van der Waals surface area contributed by atoms with Crippen molar-refractivity contribution >= 4 is 21.5 Å². The first kappa shape index (κ1) is 18.9. The second-order valence-corrected chi connectivity index (χ2v) is 7.41. The van der Waals surface area contributed by atoms with Gasteiger partial charge in [-0.25, -0.2) is 0 Å². The average molecular weight is 373 g/mol. The fourth-order valence-corrected chi connectivity index (χ4v) is 3.85. The quantitative estimate of drug-likeness (QED) is 0.258. The normalized spacial score (nSPS) is 10.3. The molecule has 0 aliphatic carbocycles. The summed E-state index contributed by atoms with van der Waals surface area (Å²) >= 11 is 0. The number of benzene rings is 4. The molecule has 29 heavy (non-hydrogen) atoms. The molecule has 4 rings (SSSR count). The van der Waals surface area contributed by atoms with E-state index in [1.165, 1.54) is 32.7 Å². The van der Waals surface area contributed by atoms with E-state index in [0.717, 1.165) is 30.4 Å². The predicted octanol–water partition coefficient (Wildman–Crippen LogP) is 7.18. The summed E-state index contributed by atoms with van der Waals surface area (Å²) in [6.07, 6.45) is 2.73. The number of unbranched alkanes of at least 4 members (excludes halogenated alkanes) is 2. The molecule has 0 unspecified atom stereocenters. The second kappa shape index (κ2) is 8.68. The summed E-state index contributed by atoms with van der Waals surface area (Å²) in [5.74, 6) is 13.4. The molecule has 0 spiro atoms. The fourth-order valence-electron chi connectivity index (χ4n) is 3.85. The third kappa shape index (κ3) is 4.18. The minimum Gasteiger partial charge on any atom is -0.0978 e. The smallest absolute Gasteiger partial charge is 0.0326 e. The third-order valence-corrected chi connectivity index (χ3v) is 5.28. The van der Waals surface area contributed by atoms with Gasteiger partial charge < -0.3 is 0 Å². The van der Waals surface area contributed by atoms with Gasteiger partial charge in [0, 0.05) is 34.7 Å². The van der Waals surface area contributed by atoms with E-state index in [-0.39, 0.29) is 0 Å². The lowest BCUT2D eigenvalue weighted by molar-refractivity contribution is 0.903. The Morgan fingerprint density at radius 1 is 0.552 bits per heavy atom. The maximum Gasteiger partial charge on any atom is 0.0326 e. The van der Waals surface area contributed by atoms with E-state index < -0.39 is 0 Å². The van der Waals surface area contributed by atoms with E-state index in [2.05, 4.69) is 110 Å². The number of hydrogen-bond donors (Lipinski definition) is 0. The van der Waals surface area contributed by atoms with Crippen LogP contribution in [0.5, 0.6) is 0 Å². The van der Waals surface area contributed by atoms with Crippen LogP contribution in [0.4, 0.5) is 0 Å². The highest BCUT2D eigenvalue weighted by Gasteiger charge is 2.01. The topological polar surface area (TPSA) is 0 Å². The number of hydrogen-bond acceptors (Lipinski definition) is 0. The summed E-state index contributed by atoms with van der Waals surface area (Å²) in [5.41, 5.74) is 4.81. The average Bonchev–Trinajstić information content (AvgIpc) is 2.73. The van der Waals surface area contributed by atoms with Gasteiger partial charge in [0.2, 0.25) is 0 Å². The molecule has 4 aromatic rings. The molecule has 0 saturated heterocycles. The Morgan fingerprint density at radius 3 is 1.41 bits per heavy atom. The first-order valence-electron chi connectivity index (χ1n) is 10.2. The lowest BCUT2D eigenvalue weighted by atomic mass is 10.00. The molecular weight excluding hydrogens is 348 g/mol. The first-order chi connectivity index (χ1) is 14.2. The minimum absolute atomic E-state index is 0.867. The molecule has 0 aliphatic heterocycles. The van der Waals surface area contributed by atoms with Crippen LogP contribution in [-0.2, 0) is 0 Å². The SMILES string of the molecule is Cc1cccc2cccc(C#CCCCC#Cc3cccc4cccc(C)c34)c12. The fraction of sp³-hybridized carbons (Fsp3) is 0.172. The lowest BCUT2D eigenvalue weighted by Gasteiger charge is -2.04. The van der Waals surface area contributed by atoms with Gasteiger partial charge in [0.15, 0.2) is 0 Å². The lowest BCUT2D eigenvalue weighted by Crippen LogP contribution is -1.84. The van der Waals surface area contributed by atoms with Gasteiger partial charge in [-0.15, -0.1) is 0 Å². The van der Waals surface area contributed by atoms with Crippen molar-refractivity contribution < 1.29 is 0 Å². The monoisotopic (exact) mass is 372 g/mol. The summed E-state index contributed by atoms with van der Waals surface area (Å²) < 4.78 is 0. The Kier molecular flexibility index (Phi) is 5.65. The van der Waals surface area contributed by atoms with Crippen molar-refractivity contribution in [1.82, 2.24) is 0 Å². The van der Waals surface area contributed by atoms with Gasteiger partial charge in [0.25, 0.3) is 0 Å². The van der Waals surface area contributed by atoms with Gasteiger partial charge in [-0.05, 0) is 54.3 Å². The number of rotatable bonds is 2. The van der Waals surface area contributed by atoms with Crippen LogP contribution in [-0.4, -0.2) is 0 Å². The van der Waals surface area contributed by atoms with Crippen molar-refractivity contribution in [2.24, 2.45) is 0 Å². The first-order valence-corrected chi connectivity index (χ1v) is 10.2. The summed E-state index contributed by atoms with van der Waals surface area (Å²) in [6.45, 7) is 4.30. The number of fused-ring (bicyclic) bond motifs is 2. The van der Waals surface area contributed by atoms with Crippen molar-refractivity contribution in [3.8, 4) is 23.7 Å². The van der Waals surface area contributed by atoms with Crippen LogP contribution in [0.2, 0.25) is 0 Å². The van der Waals surface area contributed by atoms with Crippen LogP contribution in [0.25, 0.3) is 21.5 Å². The van der Waals surface area contributed by atoms with Gasteiger partial charge in [-0.1, -0.05) is 84.3 Å². The van der Waals surface area contributed by atoms with Gasteiger partial charge in [0.05, 0.1) is 0 Å². The van der Waals surface area contributed by atoms with Crippen molar-refractivity contribution in [1.29, 1.82) is 0 Å². The molecule has 0 heteroatoms. The van der Waals surface area contributed by atoms with Gasteiger partial charge in [-0.2, -0.15) is 0 Å². The van der Waals surface area contributed by atoms with Crippen molar-refractivity contribution in [3.63, 3.8) is 0 Å². The Bertz CT molecular complexity index is 1190. The Hall–Kier alpha value is -3.48. The molecule has 0 atom stereocenters. The largest absolute Gasteiger partial charge is 0.0978 e. The molecule has 0 nitrogen and oxygen atoms in total. The molecule has 0 aliphatic rings. The van der Waals surface area contributed by atoms with Crippen molar-refractivity contribution in [2.75, 3.05) is 0 Å². The molecular formula is C29H24. The zero-order chi connectivity index (χ0) is 20.1. The highest BCUT2D eigenvalue weighted by Crippen LogP contribution is 2.23. The molecule has 0 amide bonds. The minimum atomic E-state index is 0.867. The van der Waals surface area contributed by atoms with E-state index in [1.807, 2.05) is 0 Å². The van der Waals surface area contributed by atoms with Crippen LogP contribution < -0.4 is 0 Å². The van der Waals surface area contributed by atoms with Crippen LogP contribution in [0.15, 0.2) is 72.8 Å². The molecule has 0 fully saturated rings. The summed E-state index contributed by atoms with van der Waals surface area (Å²) in [7, 11) is 0. The number of aryl methyl sites for hydroxylation is 2. The highest BCUT2D eigenvalue weighted by molar-refractivity contribution is 5.91. The molecule has 0 saturated carbocycles. The van der Waals surface area contributed by atoms with Crippen LogP contribution in [0, 0.1) is 37.5 Å². The molecule has 0 aromatic heterocycles. The molecule has 0 radical (unpaired) electrons. The van der Waals surface area contributed by atoms with E-state index in [4.69, 9.17) is 0 Å². The zero-order valence-electron chi connectivity index (χ0n) is 17.0. The highest BCUT2D eigenvalue weighted by atomic mass is 14.0. The van der Waals surface area contributed by atoms with Gasteiger partial charge in [0.1, 0.15) is 0 Å². The maximum atomic E-state index is 3.37. The Labute approximate surface area is 173 Å². The molecule has 140 valence electrons. The molecule has 0 heterocycles. The molecule has 4 aromatic carbocycles. The van der Waals surface area contributed by atoms with Gasteiger partial charge in [-0.3, -0.25) is 0 Å². The summed E-state index contributed by atoms with van der Waals surface area (Å²) in [5, 5.41) is 5.06. The predicted molar refractivity (Wildman–Crippen MR) is 125 cm³/mol. The van der Waals surface area contributed by atoms with E-state index in [9.17, 15) is 0 Å². The Balaban J connectivity index is 1.42. The zero-order valence-corrected chi connectivity index (χ0v) is 17.0. The van der Waals surface area contributed by atoms with E-state index in [0.29, 0.717) is 0 Å². The molecule has 0 N–H and O–H groups in total.